The maximum Gasteiger partial charge on any atom is 0.222 e. The smallest absolute Gasteiger partial charge is 0.222 e. The van der Waals surface area contributed by atoms with Crippen LogP contribution in [0.25, 0.3) is 0 Å². The molecule has 1 saturated heterocycles. The van der Waals surface area contributed by atoms with Crippen LogP contribution < -0.4 is 5.32 Å². The van der Waals surface area contributed by atoms with Crippen LogP contribution >= 0.6 is 27.7 Å². The number of amides is 1. The quantitative estimate of drug-likeness (QED) is 0.522. The van der Waals surface area contributed by atoms with Crippen LogP contribution in [0.15, 0.2) is 33.6 Å². The second-order valence-corrected chi connectivity index (χ2v) is 8.06. The van der Waals surface area contributed by atoms with E-state index in [2.05, 4.69) is 57.3 Å². The lowest BCUT2D eigenvalue weighted by molar-refractivity contribution is -0.134. The molecule has 0 aromatic heterocycles. The molecule has 3 nitrogen and oxygen atoms in total. The number of carbonyl (C=O) groups is 1. The van der Waals surface area contributed by atoms with Crippen LogP contribution in [0.3, 0.4) is 0 Å². The highest BCUT2D eigenvalue weighted by atomic mass is 79.9. The number of hydrogen-bond donors (Lipinski definition) is 1. The number of thioether (sulfide) groups is 1. The summed E-state index contributed by atoms with van der Waals surface area (Å²) in [6.07, 6.45) is 4.86. The van der Waals surface area contributed by atoms with E-state index >= 15 is 0 Å². The number of nitrogens with zero attached hydrogens (tertiary/aromatic N) is 1. The monoisotopic (exact) mass is 398 g/mol. The molecule has 0 aliphatic carbocycles. The zero-order valence-corrected chi connectivity index (χ0v) is 16.3. The molecular weight excluding hydrogens is 372 g/mol. The lowest BCUT2D eigenvalue weighted by Crippen LogP contribution is -2.46. The topological polar surface area (TPSA) is 32.3 Å². The van der Waals surface area contributed by atoms with Crippen molar-refractivity contribution in [1.29, 1.82) is 0 Å². The van der Waals surface area contributed by atoms with Gasteiger partial charge in [0.05, 0.1) is 0 Å². The minimum Gasteiger partial charge on any atom is -0.340 e. The summed E-state index contributed by atoms with van der Waals surface area (Å²) < 4.78 is 1.11. The standard InChI is InChI=1S/C18H27BrN2OS/c1-2-13-21(16-9-11-20-12-10-16)18(22)4-3-14-23-17-7-5-15(19)6-8-17/h5-8,16,20H,2-4,9-14H2,1H3. The van der Waals surface area contributed by atoms with Crippen molar-refractivity contribution in [3.63, 3.8) is 0 Å². The first-order chi connectivity index (χ1) is 11.2. The fraction of sp³-hybridized carbons (Fsp3) is 0.611. The molecule has 5 heteroatoms. The molecule has 1 heterocycles. The summed E-state index contributed by atoms with van der Waals surface area (Å²) >= 11 is 5.28. The van der Waals surface area contributed by atoms with Gasteiger partial charge in [-0.3, -0.25) is 4.79 Å². The molecule has 1 amide bonds. The molecule has 0 spiro atoms. The largest absolute Gasteiger partial charge is 0.340 e. The van der Waals surface area contributed by atoms with Crippen molar-refractivity contribution in [3.05, 3.63) is 28.7 Å². The third-order valence-corrected chi connectivity index (χ3v) is 5.78. The fourth-order valence-electron chi connectivity index (χ4n) is 2.96. The van der Waals surface area contributed by atoms with Gasteiger partial charge in [-0.1, -0.05) is 22.9 Å². The van der Waals surface area contributed by atoms with Gasteiger partial charge < -0.3 is 10.2 Å². The highest BCUT2D eigenvalue weighted by molar-refractivity contribution is 9.10. The lowest BCUT2D eigenvalue weighted by atomic mass is 10.0. The average Bonchev–Trinajstić information content (AvgIpc) is 2.58. The maximum absolute atomic E-state index is 12.6. The van der Waals surface area contributed by atoms with E-state index in [4.69, 9.17) is 0 Å². The number of benzene rings is 1. The van der Waals surface area contributed by atoms with E-state index in [0.29, 0.717) is 18.4 Å². The van der Waals surface area contributed by atoms with E-state index in [-0.39, 0.29) is 0 Å². The Labute approximate surface area is 152 Å². The highest BCUT2D eigenvalue weighted by Crippen LogP contribution is 2.22. The molecule has 1 N–H and O–H groups in total. The van der Waals surface area contributed by atoms with E-state index in [9.17, 15) is 4.79 Å². The zero-order valence-electron chi connectivity index (χ0n) is 13.9. The molecule has 1 aliphatic rings. The molecule has 1 aliphatic heterocycles. The van der Waals surface area contributed by atoms with Crippen molar-refractivity contribution in [2.45, 2.75) is 50.0 Å². The van der Waals surface area contributed by atoms with Crippen LogP contribution in [-0.2, 0) is 4.79 Å². The van der Waals surface area contributed by atoms with Gasteiger partial charge in [-0.15, -0.1) is 11.8 Å². The van der Waals surface area contributed by atoms with Crippen molar-refractivity contribution < 1.29 is 4.79 Å². The maximum atomic E-state index is 12.6. The summed E-state index contributed by atoms with van der Waals surface area (Å²) in [5.41, 5.74) is 0. The molecule has 23 heavy (non-hydrogen) atoms. The zero-order chi connectivity index (χ0) is 16.5. The lowest BCUT2D eigenvalue weighted by Gasteiger charge is -2.34. The Morgan fingerprint density at radius 1 is 1.30 bits per heavy atom. The number of piperidine rings is 1. The predicted octanol–water partition coefficient (Wildman–Crippen LogP) is 4.31. The van der Waals surface area contributed by atoms with Crippen molar-refractivity contribution >= 4 is 33.6 Å². The van der Waals surface area contributed by atoms with Gasteiger partial charge in [-0.05, 0) is 68.8 Å². The van der Waals surface area contributed by atoms with Gasteiger partial charge in [0.25, 0.3) is 0 Å². The number of carbonyl (C=O) groups excluding carboxylic acids is 1. The minimum absolute atomic E-state index is 0.343. The van der Waals surface area contributed by atoms with Gasteiger partial charge in [0, 0.05) is 28.4 Å². The van der Waals surface area contributed by atoms with Gasteiger partial charge >= 0.3 is 0 Å². The molecule has 0 unspecified atom stereocenters. The van der Waals surface area contributed by atoms with Crippen molar-refractivity contribution in [2.24, 2.45) is 0 Å². The van der Waals surface area contributed by atoms with Gasteiger partial charge in [0.1, 0.15) is 0 Å². The molecule has 2 rings (SSSR count). The van der Waals surface area contributed by atoms with Crippen LogP contribution in [0.2, 0.25) is 0 Å². The van der Waals surface area contributed by atoms with Gasteiger partial charge in [-0.2, -0.15) is 0 Å². The van der Waals surface area contributed by atoms with E-state index in [1.807, 2.05) is 11.8 Å². The second kappa shape index (κ2) is 10.4. The van der Waals surface area contributed by atoms with Crippen LogP contribution in [0.5, 0.6) is 0 Å². The summed E-state index contributed by atoms with van der Waals surface area (Å²) in [6.45, 7) is 5.14. The summed E-state index contributed by atoms with van der Waals surface area (Å²) in [6, 6.07) is 8.81. The second-order valence-electron chi connectivity index (χ2n) is 5.97. The predicted molar refractivity (Wildman–Crippen MR) is 102 cm³/mol. The molecular formula is C18H27BrN2OS. The molecule has 0 saturated carbocycles. The van der Waals surface area contributed by atoms with Crippen LogP contribution in [0.1, 0.15) is 39.0 Å². The molecule has 0 radical (unpaired) electrons. The Morgan fingerprint density at radius 2 is 2.00 bits per heavy atom. The van der Waals surface area contributed by atoms with Crippen LogP contribution in [0, 0.1) is 0 Å². The number of rotatable bonds is 8. The van der Waals surface area contributed by atoms with Crippen molar-refractivity contribution in [1.82, 2.24) is 10.2 Å². The third kappa shape index (κ3) is 6.48. The normalized spacial score (nSPS) is 15.6. The number of halogens is 1. The molecule has 1 fully saturated rings. The van der Waals surface area contributed by atoms with E-state index in [1.165, 1.54) is 4.90 Å². The average molecular weight is 399 g/mol. The molecule has 128 valence electrons. The van der Waals surface area contributed by atoms with Crippen molar-refractivity contribution in [3.8, 4) is 0 Å². The first-order valence-electron chi connectivity index (χ1n) is 8.59. The summed E-state index contributed by atoms with van der Waals surface area (Å²) in [5, 5.41) is 3.38. The minimum atomic E-state index is 0.343. The molecule has 0 bridgehead atoms. The fourth-order valence-corrected chi connectivity index (χ4v) is 4.08. The van der Waals surface area contributed by atoms with E-state index < -0.39 is 0 Å². The summed E-state index contributed by atoms with van der Waals surface area (Å²) in [4.78, 5) is 16.0. The Morgan fingerprint density at radius 3 is 2.65 bits per heavy atom. The Bertz CT molecular complexity index is 474. The Balaban J connectivity index is 1.73. The number of nitrogens with one attached hydrogen (secondary N) is 1. The first kappa shape index (κ1) is 18.8. The van der Waals surface area contributed by atoms with Gasteiger partial charge in [-0.25, -0.2) is 0 Å². The van der Waals surface area contributed by atoms with Gasteiger partial charge in [0.15, 0.2) is 0 Å². The SMILES string of the molecule is CCCN(C(=O)CCCSc1ccc(Br)cc1)C1CCNCC1. The van der Waals surface area contributed by atoms with E-state index in [1.54, 1.807) is 0 Å². The van der Waals surface area contributed by atoms with Gasteiger partial charge in [0.2, 0.25) is 5.91 Å². The highest BCUT2D eigenvalue weighted by Gasteiger charge is 2.23. The summed E-state index contributed by atoms with van der Waals surface area (Å²) in [5.74, 6) is 1.34. The summed E-state index contributed by atoms with van der Waals surface area (Å²) in [7, 11) is 0. The molecule has 1 aromatic rings. The third-order valence-electron chi connectivity index (χ3n) is 4.15. The van der Waals surface area contributed by atoms with Crippen LogP contribution in [0.4, 0.5) is 0 Å². The molecule has 0 atom stereocenters. The van der Waals surface area contributed by atoms with E-state index in [0.717, 1.165) is 55.5 Å². The number of hydrogen-bond acceptors (Lipinski definition) is 3. The van der Waals surface area contributed by atoms with Crippen LogP contribution in [-0.4, -0.2) is 42.2 Å². The molecule has 1 aromatic carbocycles. The first-order valence-corrected chi connectivity index (χ1v) is 10.4. The Hall–Kier alpha value is -0.520. The Kier molecular flexibility index (Phi) is 8.48. The van der Waals surface area contributed by atoms with Crippen molar-refractivity contribution in [2.75, 3.05) is 25.4 Å².